The molecular formula is C18H29NO3. The number of unbranched alkanes of at least 4 members (excludes halogenated alkanes) is 2. The predicted octanol–water partition coefficient (Wildman–Crippen LogP) is 2.99. The van der Waals surface area contributed by atoms with Crippen molar-refractivity contribution in [3.8, 4) is 0 Å². The number of rotatable bonds is 10. The first-order chi connectivity index (χ1) is 10.6. The molecule has 0 bridgehead atoms. The maximum Gasteiger partial charge on any atom is 0.326 e. The second-order valence-electron chi connectivity index (χ2n) is 5.66. The van der Waals surface area contributed by atoms with Crippen LogP contribution in [0.2, 0.25) is 0 Å². The molecule has 0 saturated heterocycles. The van der Waals surface area contributed by atoms with E-state index in [2.05, 4.69) is 6.92 Å². The van der Waals surface area contributed by atoms with Gasteiger partial charge in [0.1, 0.15) is 6.04 Å². The maximum absolute atomic E-state index is 12.2. The van der Waals surface area contributed by atoms with E-state index in [9.17, 15) is 9.90 Å². The van der Waals surface area contributed by atoms with Gasteiger partial charge in [0.15, 0.2) is 0 Å². The largest absolute Gasteiger partial charge is 0.465 e. The number of carbonyl (C=O) groups is 1. The van der Waals surface area contributed by atoms with Crippen LogP contribution < -0.4 is 0 Å². The quantitative estimate of drug-likeness (QED) is 0.533. The first kappa shape index (κ1) is 18.7. The standard InChI is InChI=1S/C18H29NO3/c1-4-6-8-13-16(20)17(18(21)22-5-2)19(3)14-15-11-9-7-10-12-15/h7,9-12,16-17,20H,4-6,8,13-14H2,1-3H3/t16-,17+/m1/s1. The number of esters is 1. The lowest BCUT2D eigenvalue weighted by Crippen LogP contribution is -2.47. The topological polar surface area (TPSA) is 49.8 Å². The van der Waals surface area contributed by atoms with Crippen LogP contribution in [0, 0.1) is 0 Å². The molecule has 0 saturated carbocycles. The Balaban J connectivity index is 2.72. The summed E-state index contributed by atoms with van der Waals surface area (Å²) in [6.45, 7) is 4.84. The van der Waals surface area contributed by atoms with Gasteiger partial charge in [0, 0.05) is 6.54 Å². The zero-order valence-electron chi connectivity index (χ0n) is 14.0. The lowest BCUT2D eigenvalue weighted by atomic mass is 10.0. The third-order valence-corrected chi connectivity index (χ3v) is 3.75. The fourth-order valence-electron chi connectivity index (χ4n) is 2.59. The molecule has 0 amide bonds. The first-order valence-electron chi connectivity index (χ1n) is 8.19. The van der Waals surface area contributed by atoms with Gasteiger partial charge in [-0.15, -0.1) is 0 Å². The summed E-state index contributed by atoms with van der Waals surface area (Å²) in [5.74, 6) is -0.343. The number of carbonyl (C=O) groups excluding carboxylic acids is 1. The second-order valence-corrected chi connectivity index (χ2v) is 5.66. The Hall–Kier alpha value is -1.39. The second kappa shape index (κ2) is 10.4. The fourth-order valence-corrected chi connectivity index (χ4v) is 2.59. The van der Waals surface area contributed by atoms with E-state index < -0.39 is 12.1 Å². The van der Waals surface area contributed by atoms with Crippen molar-refractivity contribution in [3.05, 3.63) is 35.9 Å². The summed E-state index contributed by atoms with van der Waals surface area (Å²) in [7, 11) is 1.86. The van der Waals surface area contributed by atoms with Crippen LogP contribution >= 0.6 is 0 Å². The van der Waals surface area contributed by atoms with Gasteiger partial charge in [-0.25, -0.2) is 0 Å². The lowest BCUT2D eigenvalue weighted by Gasteiger charge is -2.30. The average molecular weight is 307 g/mol. The van der Waals surface area contributed by atoms with Crippen LogP contribution in [-0.4, -0.2) is 41.8 Å². The van der Waals surface area contributed by atoms with Gasteiger partial charge < -0.3 is 9.84 Å². The van der Waals surface area contributed by atoms with Gasteiger partial charge in [-0.2, -0.15) is 0 Å². The van der Waals surface area contributed by atoms with Gasteiger partial charge in [0.05, 0.1) is 12.7 Å². The minimum absolute atomic E-state index is 0.330. The van der Waals surface area contributed by atoms with Crippen LogP contribution in [0.5, 0.6) is 0 Å². The highest BCUT2D eigenvalue weighted by molar-refractivity contribution is 5.76. The molecule has 1 aromatic rings. The molecule has 0 aliphatic carbocycles. The van der Waals surface area contributed by atoms with Crippen molar-refractivity contribution in [1.29, 1.82) is 0 Å². The highest BCUT2D eigenvalue weighted by atomic mass is 16.5. The van der Waals surface area contributed by atoms with Crippen molar-refractivity contribution in [2.75, 3.05) is 13.7 Å². The number of ether oxygens (including phenoxy) is 1. The molecule has 0 aromatic heterocycles. The molecule has 0 fully saturated rings. The summed E-state index contributed by atoms with van der Waals surface area (Å²) in [6, 6.07) is 9.33. The molecule has 0 spiro atoms. The van der Waals surface area contributed by atoms with Crippen LogP contribution in [-0.2, 0) is 16.1 Å². The van der Waals surface area contributed by atoms with E-state index in [0.717, 1.165) is 24.8 Å². The van der Waals surface area contributed by atoms with Crippen molar-refractivity contribution in [1.82, 2.24) is 4.90 Å². The number of hydrogen-bond acceptors (Lipinski definition) is 4. The van der Waals surface area contributed by atoms with Crippen molar-refractivity contribution in [3.63, 3.8) is 0 Å². The summed E-state index contributed by atoms with van der Waals surface area (Å²) in [5.41, 5.74) is 1.11. The van der Waals surface area contributed by atoms with E-state index >= 15 is 0 Å². The lowest BCUT2D eigenvalue weighted by molar-refractivity contribution is -0.154. The summed E-state index contributed by atoms with van der Waals surface area (Å²) >= 11 is 0. The van der Waals surface area contributed by atoms with Crippen molar-refractivity contribution in [2.24, 2.45) is 0 Å². The van der Waals surface area contributed by atoms with Gasteiger partial charge in [0.2, 0.25) is 0 Å². The van der Waals surface area contributed by atoms with Gasteiger partial charge in [-0.1, -0.05) is 56.5 Å². The Morgan fingerprint density at radius 2 is 1.91 bits per heavy atom. The predicted molar refractivity (Wildman–Crippen MR) is 88.5 cm³/mol. The minimum atomic E-state index is -0.695. The fraction of sp³-hybridized carbons (Fsp3) is 0.611. The molecule has 1 rings (SSSR count). The number of likely N-dealkylation sites (N-methyl/N-ethyl adjacent to an activating group) is 1. The molecule has 1 N–H and O–H groups in total. The molecule has 124 valence electrons. The number of benzene rings is 1. The molecule has 2 atom stereocenters. The average Bonchev–Trinajstić information content (AvgIpc) is 2.49. The van der Waals surface area contributed by atoms with E-state index in [1.165, 1.54) is 0 Å². The van der Waals surface area contributed by atoms with Crippen LogP contribution in [0.15, 0.2) is 30.3 Å². The molecule has 4 heteroatoms. The van der Waals surface area contributed by atoms with E-state index in [1.807, 2.05) is 42.3 Å². The first-order valence-corrected chi connectivity index (χ1v) is 8.19. The molecule has 4 nitrogen and oxygen atoms in total. The molecule has 0 aliphatic heterocycles. The third-order valence-electron chi connectivity index (χ3n) is 3.75. The summed E-state index contributed by atoms with van der Waals surface area (Å²) in [6.07, 6.45) is 3.01. The number of aliphatic hydroxyl groups is 1. The monoisotopic (exact) mass is 307 g/mol. The SMILES string of the molecule is CCCCC[C@@H](O)[C@@H](C(=O)OCC)N(C)Cc1ccccc1. The van der Waals surface area contributed by atoms with Crippen molar-refractivity contribution in [2.45, 2.75) is 58.2 Å². The van der Waals surface area contributed by atoms with E-state index in [0.29, 0.717) is 19.6 Å². The van der Waals surface area contributed by atoms with Crippen molar-refractivity contribution >= 4 is 5.97 Å². The van der Waals surface area contributed by atoms with E-state index in [1.54, 1.807) is 6.92 Å². The molecule has 22 heavy (non-hydrogen) atoms. The highest BCUT2D eigenvalue weighted by Crippen LogP contribution is 2.15. The number of nitrogens with zero attached hydrogens (tertiary/aromatic N) is 1. The molecule has 0 radical (unpaired) electrons. The Morgan fingerprint density at radius 3 is 2.50 bits per heavy atom. The summed E-state index contributed by atoms with van der Waals surface area (Å²) < 4.78 is 5.15. The van der Waals surface area contributed by atoms with Crippen LogP contribution in [0.25, 0.3) is 0 Å². The van der Waals surface area contributed by atoms with Crippen LogP contribution in [0.3, 0.4) is 0 Å². The Morgan fingerprint density at radius 1 is 1.23 bits per heavy atom. The molecular weight excluding hydrogens is 278 g/mol. The zero-order valence-corrected chi connectivity index (χ0v) is 14.0. The number of aliphatic hydroxyl groups excluding tert-OH is 1. The zero-order chi connectivity index (χ0) is 16.4. The number of hydrogen-bond donors (Lipinski definition) is 1. The van der Waals surface area contributed by atoms with Gasteiger partial charge >= 0.3 is 5.97 Å². The van der Waals surface area contributed by atoms with Gasteiger partial charge in [-0.05, 0) is 26.0 Å². The molecule has 0 heterocycles. The van der Waals surface area contributed by atoms with Gasteiger partial charge in [-0.3, -0.25) is 9.69 Å². The smallest absolute Gasteiger partial charge is 0.326 e. The minimum Gasteiger partial charge on any atom is -0.465 e. The Bertz CT molecular complexity index is 422. The van der Waals surface area contributed by atoms with E-state index in [-0.39, 0.29) is 5.97 Å². The summed E-state index contributed by atoms with van der Waals surface area (Å²) in [5, 5.41) is 10.4. The molecule has 0 unspecified atom stereocenters. The third kappa shape index (κ3) is 6.16. The maximum atomic E-state index is 12.2. The summed E-state index contributed by atoms with van der Waals surface area (Å²) in [4.78, 5) is 14.1. The van der Waals surface area contributed by atoms with E-state index in [4.69, 9.17) is 4.74 Å². The van der Waals surface area contributed by atoms with Crippen LogP contribution in [0.4, 0.5) is 0 Å². The Kier molecular flexibility index (Phi) is 8.78. The highest BCUT2D eigenvalue weighted by Gasteiger charge is 2.31. The van der Waals surface area contributed by atoms with Gasteiger partial charge in [0.25, 0.3) is 0 Å². The van der Waals surface area contributed by atoms with Crippen molar-refractivity contribution < 1.29 is 14.6 Å². The normalized spacial score (nSPS) is 13.9. The van der Waals surface area contributed by atoms with Crippen LogP contribution in [0.1, 0.15) is 45.1 Å². The molecule has 0 aliphatic rings. The molecule has 1 aromatic carbocycles. The Labute approximate surface area is 134 Å².